The van der Waals surface area contributed by atoms with Crippen LogP contribution < -0.4 is 0 Å². The molecule has 7 heteroatoms. The maximum Gasteiger partial charge on any atom is 0.265 e. The Hall–Kier alpha value is -2.00. The summed E-state index contributed by atoms with van der Waals surface area (Å²) < 4.78 is 3.26. The summed E-state index contributed by atoms with van der Waals surface area (Å²) in [5.74, 6) is -0.755. The molecule has 0 atom stereocenters. The summed E-state index contributed by atoms with van der Waals surface area (Å²) in [4.78, 5) is 27.7. The molecule has 2 heterocycles. The van der Waals surface area contributed by atoms with E-state index in [1.165, 1.54) is 9.80 Å². The fraction of sp³-hybridized carbons (Fsp3) is 0.211. The molecule has 0 spiro atoms. The van der Waals surface area contributed by atoms with Crippen LogP contribution in [0.5, 0.6) is 0 Å². The summed E-state index contributed by atoms with van der Waals surface area (Å²) >= 11 is 7.41. The fourth-order valence-corrected chi connectivity index (χ4v) is 3.77. The summed E-state index contributed by atoms with van der Waals surface area (Å²) in [7, 11) is 3.16. The highest BCUT2D eigenvalue weighted by Gasteiger charge is 2.35. The normalized spacial score (nSPS) is 15.1. The first kappa shape index (κ1) is 18.8. The molecule has 1 fully saturated rings. The van der Waals surface area contributed by atoms with Crippen LogP contribution in [0.2, 0.25) is 0 Å². The number of aromatic nitrogens is 1. The van der Waals surface area contributed by atoms with Crippen molar-refractivity contribution in [3.8, 4) is 5.69 Å². The van der Waals surface area contributed by atoms with Crippen LogP contribution in [0.3, 0.4) is 0 Å². The lowest BCUT2D eigenvalue weighted by Crippen LogP contribution is -2.52. The van der Waals surface area contributed by atoms with Crippen LogP contribution in [-0.2, 0) is 9.59 Å². The summed E-state index contributed by atoms with van der Waals surface area (Å²) in [5.41, 5.74) is 4.01. The molecule has 1 saturated heterocycles. The number of aryl methyl sites for hydroxylation is 1. The number of benzene rings is 1. The predicted octanol–water partition coefficient (Wildman–Crippen LogP) is 3.30. The minimum atomic E-state index is -0.378. The minimum Gasteiger partial charge on any atom is -0.318 e. The van der Waals surface area contributed by atoms with Crippen molar-refractivity contribution in [3.63, 3.8) is 0 Å². The number of likely N-dealkylation sites (N-methyl/N-ethyl adjacent to an activating group) is 2. The lowest BCUT2D eigenvalue weighted by molar-refractivity contribution is -0.132. The second-order valence-electron chi connectivity index (χ2n) is 6.21. The minimum absolute atomic E-state index is 0.117. The van der Waals surface area contributed by atoms with Crippen molar-refractivity contribution in [2.24, 2.45) is 0 Å². The molecule has 0 unspecified atom stereocenters. The molecular formula is C19H18IN3O2S. The van der Waals surface area contributed by atoms with Crippen molar-refractivity contribution in [3.05, 3.63) is 56.4 Å². The van der Waals surface area contributed by atoms with Gasteiger partial charge in [0.1, 0.15) is 5.57 Å². The molecule has 0 N–H and O–H groups in total. The van der Waals surface area contributed by atoms with Gasteiger partial charge in [-0.2, -0.15) is 0 Å². The third kappa shape index (κ3) is 3.09. The molecule has 5 nitrogen and oxygen atoms in total. The number of amides is 2. The van der Waals surface area contributed by atoms with Gasteiger partial charge in [-0.3, -0.25) is 19.4 Å². The van der Waals surface area contributed by atoms with E-state index in [4.69, 9.17) is 12.2 Å². The van der Waals surface area contributed by atoms with E-state index in [-0.39, 0.29) is 22.5 Å². The van der Waals surface area contributed by atoms with Gasteiger partial charge in [-0.15, -0.1) is 0 Å². The highest BCUT2D eigenvalue weighted by Crippen LogP contribution is 2.25. The molecule has 3 rings (SSSR count). The fourth-order valence-electron chi connectivity index (χ4n) is 3.08. The lowest BCUT2D eigenvalue weighted by Gasteiger charge is -2.31. The van der Waals surface area contributed by atoms with Gasteiger partial charge >= 0.3 is 0 Å². The summed E-state index contributed by atoms with van der Waals surface area (Å²) in [6.45, 7) is 3.99. The van der Waals surface area contributed by atoms with Crippen molar-refractivity contribution in [2.75, 3.05) is 14.1 Å². The van der Waals surface area contributed by atoms with Gasteiger partial charge in [0, 0.05) is 34.7 Å². The zero-order valence-corrected chi connectivity index (χ0v) is 17.9. The summed E-state index contributed by atoms with van der Waals surface area (Å²) in [5, 5.41) is 0.210. The van der Waals surface area contributed by atoms with Crippen LogP contribution in [0.1, 0.15) is 17.0 Å². The predicted molar refractivity (Wildman–Crippen MR) is 114 cm³/mol. The van der Waals surface area contributed by atoms with E-state index < -0.39 is 0 Å². The summed E-state index contributed by atoms with van der Waals surface area (Å²) in [6.07, 6.45) is 1.66. The zero-order valence-electron chi connectivity index (χ0n) is 14.9. The van der Waals surface area contributed by atoms with Crippen molar-refractivity contribution in [2.45, 2.75) is 13.8 Å². The Morgan fingerprint density at radius 3 is 2.23 bits per heavy atom. The van der Waals surface area contributed by atoms with Gasteiger partial charge in [0.25, 0.3) is 11.8 Å². The Labute approximate surface area is 171 Å². The van der Waals surface area contributed by atoms with E-state index in [9.17, 15) is 9.59 Å². The van der Waals surface area contributed by atoms with Crippen molar-refractivity contribution in [1.29, 1.82) is 0 Å². The Morgan fingerprint density at radius 1 is 1.04 bits per heavy atom. The van der Waals surface area contributed by atoms with Crippen LogP contribution in [0.4, 0.5) is 0 Å². The molecule has 0 aliphatic carbocycles. The monoisotopic (exact) mass is 479 g/mol. The molecule has 0 saturated carbocycles. The van der Waals surface area contributed by atoms with Crippen LogP contribution in [0, 0.1) is 17.4 Å². The number of rotatable bonds is 2. The third-order valence-electron chi connectivity index (χ3n) is 4.48. The van der Waals surface area contributed by atoms with E-state index >= 15 is 0 Å². The van der Waals surface area contributed by atoms with Crippen LogP contribution in [0.15, 0.2) is 35.9 Å². The lowest BCUT2D eigenvalue weighted by atomic mass is 10.1. The molecular weight excluding hydrogens is 461 g/mol. The first-order chi connectivity index (χ1) is 12.2. The molecule has 2 amide bonds. The Kier molecular flexibility index (Phi) is 5.03. The molecule has 26 heavy (non-hydrogen) atoms. The number of hydrogen-bond acceptors (Lipinski definition) is 3. The SMILES string of the molecule is Cc1cc(C=C2C(=O)N(C)C(=S)N(C)C2=O)c(C)n1-c1cccc(I)c1. The highest BCUT2D eigenvalue weighted by atomic mass is 127. The molecule has 134 valence electrons. The van der Waals surface area contributed by atoms with Gasteiger partial charge in [-0.05, 0) is 84.6 Å². The van der Waals surface area contributed by atoms with Crippen molar-refractivity contribution in [1.82, 2.24) is 14.4 Å². The van der Waals surface area contributed by atoms with Gasteiger partial charge in [0.15, 0.2) is 5.11 Å². The number of nitrogens with zero attached hydrogens (tertiary/aromatic N) is 3. The first-order valence-corrected chi connectivity index (χ1v) is 9.47. The zero-order chi connectivity index (χ0) is 19.2. The molecule has 1 aromatic carbocycles. The Balaban J connectivity index is 2.10. The smallest absolute Gasteiger partial charge is 0.265 e. The molecule has 1 aliphatic rings. The van der Waals surface area contributed by atoms with E-state index in [2.05, 4.69) is 33.2 Å². The number of halogens is 1. The van der Waals surface area contributed by atoms with Crippen LogP contribution >= 0.6 is 34.8 Å². The quantitative estimate of drug-likeness (QED) is 0.288. The molecule has 1 aromatic heterocycles. The Bertz CT molecular complexity index is 951. The average molecular weight is 479 g/mol. The maximum absolute atomic E-state index is 12.5. The van der Waals surface area contributed by atoms with Gasteiger partial charge in [0.05, 0.1) is 0 Å². The number of thiocarbonyl (C=S) groups is 1. The van der Waals surface area contributed by atoms with E-state index in [1.54, 1.807) is 20.2 Å². The van der Waals surface area contributed by atoms with Crippen molar-refractivity contribution < 1.29 is 9.59 Å². The van der Waals surface area contributed by atoms with E-state index in [0.717, 1.165) is 26.2 Å². The second-order valence-corrected chi connectivity index (χ2v) is 7.82. The molecule has 0 bridgehead atoms. The van der Waals surface area contributed by atoms with E-state index in [1.807, 2.05) is 38.1 Å². The van der Waals surface area contributed by atoms with Gasteiger partial charge in [-0.1, -0.05) is 6.07 Å². The van der Waals surface area contributed by atoms with Crippen LogP contribution in [0.25, 0.3) is 11.8 Å². The Morgan fingerprint density at radius 2 is 1.65 bits per heavy atom. The van der Waals surface area contributed by atoms with Crippen molar-refractivity contribution >= 4 is 57.8 Å². The first-order valence-electron chi connectivity index (χ1n) is 7.99. The van der Waals surface area contributed by atoms with Crippen LogP contribution in [-0.4, -0.2) is 45.4 Å². The molecule has 1 aliphatic heterocycles. The molecule has 2 aromatic rings. The second kappa shape index (κ2) is 6.96. The number of carbonyl (C=O) groups excluding carboxylic acids is 2. The van der Waals surface area contributed by atoms with Gasteiger partial charge in [-0.25, -0.2) is 0 Å². The van der Waals surface area contributed by atoms with E-state index in [0.29, 0.717) is 0 Å². The highest BCUT2D eigenvalue weighted by molar-refractivity contribution is 14.1. The van der Waals surface area contributed by atoms with Gasteiger partial charge in [0.2, 0.25) is 0 Å². The molecule has 0 radical (unpaired) electrons. The standard InChI is InChI=1S/C19H18IN3O2S/c1-11-8-13(12(2)23(11)15-7-5-6-14(20)10-15)9-16-17(24)21(3)19(26)22(4)18(16)25/h5-10H,1-4H3. The topological polar surface area (TPSA) is 45.6 Å². The summed E-state index contributed by atoms with van der Waals surface area (Å²) in [6, 6.07) is 10.2. The largest absolute Gasteiger partial charge is 0.318 e. The average Bonchev–Trinajstić information content (AvgIpc) is 2.88. The number of hydrogen-bond donors (Lipinski definition) is 0. The number of carbonyl (C=O) groups is 2. The van der Waals surface area contributed by atoms with Gasteiger partial charge < -0.3 is 4.57 Å². The third-order valence-corrected chi connectivity index (χ3v) is 5.70. The maximum atomic E-state index is 12.5.